The molecule has 0 aliphatic heterocycles. The van der Waals surface area contributed by atoms with Gasteiger partial charge in [-0.3, -0.25) is 0 Å². The Morgan fingerprint density at radius 2 is 0.886 bits per heavy atom. The second kappa shape index (κ2) is 14.9. The first-order valence-electron chi connectivity index (χ1n) is 24.2. The van der Waals surface area contributed by atoms with E-state index in [2.05, 4.69) is 252 Å². The maximum absolute atomic E-state index is 6.52. The highest BCUT2D eigenvalue weighted by Gasteiger charge is 2.52. The van der Waals surface area contributed by atoms with E-state index in [1.54, 1.807) is 0 Å². The average Bonchev–Trinajstić information content (AvgIpc) is 4.15. The summed E-state index contributed by atoms with van der Waals surface area (Å²) in [5.74, 6) is 0. The first-order chi connectivity index (χ1) is 34.7. The summed E-state index contributed by atoms with van der Waals surface area (Å²) in [5.41, 5.74) is 23.1. The second-order valence-corrected chi connectivity index (χ2v) is 18.8. The number of fused-ring (bicyclic) bond motifs is 16. The number of para-hydroxylation sites is 2. The first-order valence-corrected chi connectivity index (χ1v) is 24.2. The lowest BCUT2D eigenvalue weighted by Gasteiger charge is -2.31. The van der Waals surface area contributed by atoms with Crippen LogP contribution in [-0.4, -0.2) is 4.57 Å². The smallest absolute Gasteiger partial charge is 0.137 e. The van der Waals surface area contributed by atoms with Crippen molar-refractivity contribution >= 4 is 60.8 Å². The van der Waals surface area contributed by atoms with E-state index in [0.29, 0.717) is 0 Å². The van der Waals surface area contributed by atoms with E-state index in [1.165, 1.54) is 83.2 Å². The van der Waals surface area contributed by atoms with Crippen LogP contribution in [0.15, 0.2) is 259 Å². The van der Waals surface area contributed by atoms with Gasteiger partial charge in [0.15, 0.2) is 0 Å². The first kappa shape index (κ1) is 38.9. The Morgan fingerprint density at radius 1 is 0.314 bits per heavy atom. The Bertz CT molecular complexity index is 4260. The molecular weight excluding hydrogens is 849 g/mol. The molecular formula is C67H42N2O. The molecule has 3 nitrogen and oxygen atoms in total. The van der Waals surface area contributed by atoms with Crippen molar-refractivity contribution < 1.29 is 4.42 Å². The van der Waals surface area contributed by atoms with Crippen molar-refractivity contribution in [3.05, 3.63) is 277 Å². The van der Waals surface area contributed by atoms with Gasteiger partial charge in [0.1, 0.15) is 11.2 Å². The van der Waals surface area contributed by atoms with Crippen LogP contribution in [0.2, 0.25) is 0 Å². The normalized spacial score (nSPS) is 14.3. The van der Waals surface area contributed by atoms with Crippen molar-refractivity contribution in [2.45, 2.75) is 5.41 Å². The number of aromatic nitrogens is 1. The predicted octanol–water partition coefficient (Wildman–Crippen LogP) is 17.8. The lowest BCUT2D eigenvalue weighted by molar-refractivity contribution is 0.669. The third-order valence-electron chi connectivity index (χ3n) is 15.2. The van der Waals surface area contributed by atoms with Crippen molar-refractivity contribution in [2.24, 2.45) is 0 Å². The third kappa shape index (κ3) is 5.46. The van der Waals surface area contributed by atoms with Crippen LogP contribution in [0.25, 0.3) is 93.9 Å². The van der Waals surface area contributed by atoms with Crippen LogP contribution in [0.4, 0.5) is 17.1 Å². The molecule has 1 unspecified atom stereocenters. The minimum atomic E-state index is -0.500. The minimum Gasteiger partial charge on any atom is -0.456 e. The fourth-order valence-electron chi connectivity index (χ4n) is 12.3. The second-order valence-electron chi connectivity index (χ2n) is 18.8. The number of furan rings is 1. The maximum Gasteiger partial charge on any atom is 0.137 e. The maximum atomic E-state index is 6.52. The lowest BCUT2D eigenvalue weighted by atomic mass is 9.70. The number of rotatable bonds is 6. The quantitative estimate of drug-likeness (QED) is 0.166. The number of hydrogen-bond acceptors (Lipinski definition) is 2. The molecule has 3 heteroatoms. The molecule has 15 rings (SSSR count). The molecule has 1 atom stereocenters. The molecule has 2 aliphatic carbocycles. The zero-order chi connectivity index (χ0) is 45.9. The summed E-state index contributed by atoms with van der Waals surface area (Å²) in [4.78, 5) is 2.38. The molecule has 2 aliphatic rings. The zero-order valence-electron chi connectivity index (χ0n) is 38.1. The van der Waals surface area contributed by atoms with Gasteiger partial charge in [0.2, 0.25) is 0 Å². The number of benzene rings is 11. The summed E-state index contributed by atoms with van der Waals surface area (Å²) in [5, 5.41) is 4.61. The highest BCUT2D eigenvalue weighted by atomic mass is 16.3. The molecule has 0 saturated heterocycles. The van der Waals surface area contributed by atoms with Crippen LogP contribution in [0.1, 0.15) is 22.3 Å². The van der Waals surface area contributed by atoms with Crippen LogP contribution >= 0.6 is 0 Å². The minimum absolute atomic E-state index is 0.500. The third-order valence-corrected chi connectivity index (χ3v) is 15.2. The summed E-state index contributed by atoms with van der Waals surface area (Å²) in [6, 6.07) is 93.6. The Hall–Kier alpha value is -9.18. The van der Waals surface area contributed by atoms with E-state index >= 15 is 0 Å². The van der Waals surface area contributed by atoms with E-state index < -0.39 is 5.41 Å². The SMILES string of the molecule is c1ccc(-c2cccc(N(c3ccc4c(c3)oc3ccccc34)c3ccc4c(c3)c3ccccc3n4-c3cccc4c3-c3ccccc3C43c4ccccc4-c4ccc(-c5ccccc5)cc43)c2)cc1. The number of hydrogen-bond donors (Lipinski definition) is 0. The monoisotopic (exact) mass is 890 g/mol. The van der Waals surface area contributed by atoms with Gasteiger partial charge in [0.05, 0.1) is 22.1 Å². The van der Waals surface area contributed by atoms with Crippen molar-refractivity contribution in [1.29, 1.82) is 0 Å². The fraction of sp³-hybridized carbons (Fsp3) is 0.0149. The molecule has 1 spiro atoms. The summed E-state index contributed by atoms with van der Waals surface area (Å²) < 4.78 is 9.04. The molecule has 0 fully saturated rings. The van der Waals surface area contributed by atoms with Crippen LogP contribution in [0, 0.1) is 0 Å². The van der Waals surface area contributed by atoms with E-state index in [-0.39, 0.29) is 0 Å². The van der Waals surface area contributed by atoms with E-state index in [9.17, 15) is 0 Å². The highest BCUT2D eigenvalue weighted by Crippen LogP contribution is 2.64. The molecule has 11 aromatic carbocycles. The van der Waals surface area contributed by atoms with Gasteiger partial charge in [-0.2, -0.15) is 0 Å². The molecule has 2 aromatic heterocycles. The zero-order valence-corrected chi connectivity index (χ0v) is 38.1. The predicted molar refractivity (Wildman–Crippen MR) is 290 cm³/mol. The molecule has 0 N–H and O–H groups in total. The summed E-state index contributed by atoms with van der Waals surface area (Å²) >= 11 is 0. The van der Waals surface area contributed by atoms with Crippen molar-refractivity contribution in [3.8, 4) is 50.2 Å². The fourth-order valence-corrected chi connectivity index (χ4v) is 12.3. The molecule has 0 bridgehead atoms. The standard InChI is InChI=1S/C67H42N2O/c1-3-17-43(18-4-1)45-21-15-22-47(39-45)68(49-34-37-54-53-25-10-14-32-64(53)70-65(54)42-49)48-35-38-62-56(41-48)52-24-9-13-30-61(52)69(62)63-31-16-29-59-66(63)55-26-8-12-28-58(55)67(59)57-27-11-7-23-50(57)51-36-33-46(40-60(51)67)44-19-5-2-6-20-44/h1-42H. The Labute approximate surface area is 405 Å². The molecule has 326 valence electrons. The Balaban J connectivity index is 0.958. The van der Waals surface area contributed by atoms with Gasteiger partial charge in [0.25, 0.3) is 0 Å². The molecule has 70 heavy (non-hydrogen) atoms. The van der Waals surface area contributed by atoms with Crippen LogP contribution in [-0.2, 0) is 5.41 Å². The van der Waals surface area contributed by atoms with Crippen LogP contribution in [0.5, 0.6) is 0 Å². The van der Waals surface area contributed by atoms with E-state index in [1.807, 2.05) is 12.1 Å². The van der Waals surface area contributed by atoms with Gasteiger partial charge in [-0.05, 0) is 128 Å². The molecule has 13 aromatic rings. The summed E-state index contributed by atoms with van der Waals surface area (Å²) in [6.45, 7) is 0. The van der Waals surface area contributed by atoms with Gasteiger partial charge in [-0.1, -0.05) is 182 Å². The largest absolute Gasteiger partial charge is 0.456 e. The average molecular weight is 891 g/mol. The van der Waals surface area contributed by atoms with E-state index in [0.717, 1.165) is 50.1 Å². The van der Waals surface area contributed by atoms with Gasteiger partial charge < -0.3 is 13.9 Å². The van der Waals surface area contributed by atoms with Gasteiger partial charge in [0, 0.05) is 50.2 Å². The summed E-state index contributed by atoms with van der Waals surface area (Å²) in [7, 11) is 0. The van der Waals surface area contributed by atoms with Crippen LogP contribution in [0.3, 0.4) is 0 Å². The van der Waals surface area contributed by atoms with Crippen molar-refractivity contribution in [3.63, 3.8) is 0 Å². The van der Waals surface area contributed by atoms with E-state index in [4.69, 9.17) is 4.42 Å². The van der Waals surface area contributed by atoms with Crippen molar-refractivity contribution in [2.75, 3.05) is 4.90 Å². The Kier molecular flexibility index (Phi) is 8.28. The van der Waals surface area contributed by atoms with Crippen LogP contribution < -0.4 is 4.90 Å². The molecule has 2 heterocycles. The highest BCUT2D eigenvalue weighted by molar-refractivity contribution is 6.12. The topological polar surface area (TPSA) is 21.3 Å². The molecule has 0 radical (unpaired) electrons. The van der Waals surface area contributed by atoms with Gasteiger partial charge >= 0.3 is 0 Å². The van der Waals surface area contributed by atoms with Crippen molar-refractivity contribution in [1.82, 2.24) is 4.57 Å². The van der Waals surface area contributed by atoms with Gasteiger partial charge in [-0.25, -0.2) is 0 Å². The molecule has 0 saturated carbocycles. The summed E-state index contributed by atoms with van der Waals surface area (Å²) in [6.07, 6.45) is 0. The number of nitrogens with zero attached hydrogens (tertiary/aromatic N) is 2. The molecule has 0 amide bonds. The number of anilines is 3. The Morgan fingerprint density at radius 3 is 1.71 bits per heavy atom. The lowest BCUT2D eigenvalue weighted by Crippen LogP contribution is -2.26. The van der Waals surface area contributed by atoms with Gasteiger partial charge in [-0.15, -0.1) is 0 Å².